The van der Waals surface area contributed by atoms with Gasteiger partial charge in [-0.15, -0.1) is 0 Å². The van der Waals surface area contributed by atoms with E-state index in [0.29, 0.717) is 11.4 Å². The number of rotatable bonds is 5. The van der Waals surface area contributed by atoms with Crippen molar-refractivity contribution < 1.29 is 22.4 Å². The fourth-order valence-electron chi connectivity index (χ4n) is 2.34. The summed E-state index contributed by atoms with van der Waals surface area (Å²) < 4.78 is 30.2. The molecule has 0 aliphatic carbocycles. The van der Waals surface area contributed by atoms with Crippen LogP contribution in [0.2, 0.25) is 0 Å². The molecule has 0 radical (unpaired) electrons. The molecule has 7 nitrogen and oxygen atoms in total. The Morgan fingerprint density at radius 1 is 0.815 bits per heavy atom. The van der Waals surface area contributed by atoms with Crippen molar-refractivity contribution in [3.8, 4) is 0 Å². The molecule has 0 saturated carbocycles. The van der Waals surface area contributed by atoms with Gasteiger partial charge >= 0.3 is 0 Å². The van der Waals surface area contributed by atoms with E-state index in [-0.39, 0.29) is 21.7 Å². The first kappa shape index (κ1) is 18.4. The average molecular weight is 384 g/mol. The van der Waals surface area contributed by atoms with Crippen molar-refractivity contribution in [3.63, 3.8) is 0 Å². The molecule has 3 rings (SSSR count). The number of sulfone groups is 1. The molecule has 2 aromatic carbocycles. The van der Waals surface area contributed by atoms with Crippen molar-refractivity contribution in [1.82, 2.24) is 0 Å². The van der Waals surface area contributed by atoms with Crippen LogP contribution in [0.15, 0.2) is 81.1 Å². The fraction of sp³-hybridized carbons (Fsp3) is 0.0526. The summed E-state index contributed by atoms with van der Waals surface area (Å²) in [6.45, 7) is 1.40. The van der Waals surface area contributed by atoms with Crippen molar-refractivity contribution >= 4 is 33.0 Å². The maximum atomic E-state index is 12.5. The highest BCUT2D eigenvalue weighted by molar-refractivity contribution is 7.91. The molecule has 0 bridgehead atoms. The van der Waals surface area contributed by atoms with Gasteiger partial charge in [-0.25, -0.2) is 8.42 Å². The second kappa shape index (κ2) is 7.46. The number of amides is 2. The summed E-state index contributed by atoms with van der Waals surface area (Å²) in [4.78, 5) is 23.4. The SMILES string of the molecule is CC(=O)Nc1ccc(NC(=O)c2ccc(S(=O)(=O)c3ccccc3)o2)cc1. The minimum atomic E-state index is -3.83. The Hall–Kier alpha value is -3.39. The molecule has 0 aliphatic rings. The largest absolute Gasteiger partial charge is 0.439 e. The van der Waals surface area contributed by atoms with Crippen LogP contribution in [0.3, 0.4) is 0 Å². The van der Waals surface area contributed by atoms with Crippen LogP contribution in [0, 0.1) is 0 Å². The van der Waals surface area contributed by atoms with Crippen LogP contribution >= 0.6 is 0 Å². The number of carbonyl (C=O) groups excluding carboxylic acids is 2. The number of nitrogens with one attached hydrogen (secondary N) is 2. The first-order valence-corrected chi connectivity index (χ1v) is 9.43. The lowest BCUT2D eigenvalue weighted by Crippen LogP contribution is -2.11. The molecule has 27 heavy (non-hydrogen) atoms. The number of carbonyl (C=O) groups is 2. The van der Waals surface area contributed by atoms with Gasteiger partial charge < -0.3 is 15.1 Å². The lowest BCUT2D eigenvalue weighted by Gasteiger charge is -2.06. The minimum absolute atomic E-state index is 0.0832. The molecular weight excluding hydrogens is 368 g/mol. The monoisotopic (exact) mass is 384 g/mol. The van der Waals surface area contributed by atoms with Crippen LogP contribution in [0.5, 0.6) is 0 Å². The van der Waals surface area contributed by atoms with Crippen molar-refractivity contribution in [1.29, 1.82) is 0 Å². The topological polar surface area (TPSA) is 105 Å². The highest BCUT2D eigenvalue weighted by Crippen LogP contribution is 2.23. The van der Waals surface area contributed by atoms with Gasteiger partial charge in [0, 0.05) is 18.3 Å². The predicted molar refractivity (Wildman–Crippen MR) is 99.3 cm³/mol. The summed E-state index contributed by atoms with van der Waals surface area (Å²) in [6.07, 6.45) is 0. The van der Waals surface area contributed by atoms with Gasteiger partial charge in [-0.1, -0.05) is 18.2 Å². The molecule has 1 aromatic heterocycles. The number of furan rings is 1. The van der Waals surface area contributed by atoms with Crippen molar-refractivity contribution in [2.75, 3.05) is 10.6 Å². The first-order chi connectivity index (χ1) is 12.9. The molecular formula is C19H16N2O5S. The summed E-state index contributed by atoms with van der Waals surface area (Å²) in [7, 11) is -3.83. The lowest BCUT2D eigenvalue weighted by molar-refractivity contribution is -0.114. The zero-order chi connectivity index (χ0) is 19.4. The predicted octanol–water partition coefficient (Wildman–Crippen LogP) is 3.32. The average Bonchev–Trinajstić information content (AvgIpc) is 3.15. The summed E-state index contributed by atoms with van der Waals surface area (Å²) >= 11 is 0. The highest BCUT2D eigenvalue weighted by Gasteiger charge is 2.23. The second-order valence-corrected chi connectivity index (χ2v) is 7.53. The van der Waals surface area contributed by atoms with E-state index in [0.717, 1.165) is 0 Å². The van der Waals surface area contributed by atoms with Crippen molar-refractivity contribution in [3.05, 3.63) is 72.5 Å². The highest BCUT2D eigenvalue weighted by atomic mass is 32.2. The normalized spacial score (nSPS) is 11.0. The zero-order valence-corrected chi connectivity index (χ0v) is 15.1. The van der Waals surface area contributed by atoms with Crippen LogP contribution in [0.4, 0.5) is 11.4 Å². The Morgan fingerprint density at radius 3 is 2.00 bits per heavy atom. The Balaban J connectivity index is 1.74. The Labute approximate surface area is 155 Å². The summed E-state index contributed by atoms with van der Waals surface area (Å²) in [5, 5.41) is 4.91. The standard InChI is InChI=1S/C19H16N2O5S/c1-13(22)20-14-7-9-15(10-8-14)21-19(23)17-11-12-18(26-17)27(24,25)16-5-3-2-4-6-16/h2-12H,1H3,(H,20,22)(H,21,23). The van der Waals surface area contributed by atoms with Crippen LogP contribution < -0.4 is 10.6 Å². The summed E-state index contributed by atoms with van der Waals surface area (Å²) in [5.74, 6) is -0.915. The van der Waals surface area contributed by atoms with Crippen molar-refractivity contribution in [2.24, 2.45) is 0 Å². The van der Waals surface area contributed by atoms with Crippen LogP contribution in [0.25, 0.3) is 0 Å². The summed E-state index contributed by atoms with van der Waals surface area (Å²) in [6, 6.07) is 16.8. The third-order valence-corrected chi connectivity index (χ3v) is 5.23. The van der Waals surface area contributed by atoms with E-state index in [4.69, 9.17) is 4.42 Å². The Morgan fingerprint density at radius 2 is 1.41 bits per heavy atom. The van der Waals surface area contributed by atoms with Gasteiger partial charge in [-0.05, 0) is 48.5 Å². The molecule has 0 saturated heterocycles. The summed E-state index contributed by atoms with van der Waals surface area (Å²) in [5.41, 5.74) is 1.06. The van der Waals surface area contributed by atoms with E-state index >= 15 is 0 Å². The molecule has 0 unspecified atom stereocenters. The fourth-order valence-corrected chi connectivity index (χ4v) is 3.53. The number of hydrogen-bond donors (Lipinski definition) is 2. The number of anilines is 2. The van der Waals surface area contributed by atoms with Crippen molar-refractivity contribution in [2.45, 2.75) is 16.9 Å². The lowest BCUT2D eigenvalue weighted by atomic mass is 10.2. The van der Waals surface area contributed by atoms with Gasteiger partial charge in [-0.3, -0.25) is 9.59 Å². The van der Waals surface area contributed by atoms with Crippen LogP contribution in [-0.2, 0) is 14.6 Å². The maximum absolute atomic E-state index is 12.5. The molecule has 2 amide bonds. The van der Waals surface area contributed by atoms with Gasteiger partial charge in [0.15, 0.2) is 5.76 Å². The van der Waals surface area contributed by atoms with Gasteiger partial charge in [0.2, 0.25) is 20.8 Å². The molecule has 138 valence electrons. The molecule has 0 atom stereocenters. The van der Waals surface area contributed by atoms with E-state index in [9.17, 15) is 18.0 Å². The second-order valence-electron chi connectivity index (χ2n) is 5.65. The van der Waals surface area contributed by atoms with E-state index in [1.807, 2.05) is 0 Å². The van der Waals surface area contributed by atoms with E-state index in [1.54, 1.807) is 42.5 Å². The van der Waals surface area contributed by atoms with Gasteiger partial charge in [0.05, 0.1) is 4.90 Å². The molecule has 3 aromatic rings. The van der Waals surface area contributed by atoms with Crippen LogP contribution in [-0.4, -0.2) is 20.2 Å². The molecule has 0 spiro atoms. The molecule has 1 heterocycles. The van der Waals surface area contributed by atoms with E-state index in [2.05, 4.69) is 10.6 Å². The third kappa shape index (κ3) is 4.24. The number of hydrogen-bond acceptors (Lipinski definition) is 5. The molecule has 8 heteroatoms. The smallest absolute Gasteiger partial charge is 0.291 e. The third-order valence-electron chi connectivity index (χ3n) is 3.59. The van der Waals surface area contributed by atoms with Gasteiger partial charge in [-0.2, -0.15) is 0 Å². The van der Waals surface area contributed by atoms with Crippen LogP contribution in [0.1, 0.15) is 17.5 Å². The molecule has 0 aliphatic heterocycles. The quantitative estimate of drug-likeness (QED) is 0.702. The minimum Gasteiger partial charge on any atom is -0.439 e. The first-order valence-electron chi connectivity index (χ1n) is 7.95. The Bertz CT molecular complexity index is 1070. The molecule has 0 fully saturated rings. The number of benzene rings is 2. The Kier molecular flexibility index (Phi) is 5.09. The zero-order valence-electron chi connectivity index (χ0n) is 14.3. The molecule has 2 N–H and O–H groups in total. The van der Waals surface area contributed by atoms with Gasteiger partial charge in [0.1, 0.15) is 0 Å². The maximum Gasteiger partial charge on any atom is 0.291 e. The van der Waals surface area contributed by atoms with E-state index < -0.39 is 15.7 Å². The van der Waals surface area contributed by atoms with E-state index in [1.165, 1.54) is 31.2 Å². The van der Waals surface area contributed by atoms with Gasteiger partial charge in [0.25, 0.3) is 5.91 Å².